The van der Waals surface area contributed by atoms with Crippen LogP contribution in [-0.4, -0.2) is 24.0 Å². The van der Waals surface area contributed by atoms with Gasteiger partial charge in [-0.3, -0.25) is 0 Å². The highest BCUT2D eigenvalue weighted by molar-refractivity contribution is 5.90. The molecule has 0 radical (unpaired) electrons. The van der Waals surface area contributed by atoms with Crippen LogP contribution in [0.25, 0.3) is 10.4 Å². The van der Waals surface area contributed by atoms with Gasteiger partial charge in [0.1, 0.15) is 12.0 Å². The number of hydrogen-bond acceptors (Lipinski definition) is 5. The molecule has 1 aromatic rings. The zero-order valence-corrected chi connectivity index (χ0v) is 9.83. The van der Waals surface area contributed by atoms with E-state index in [0.717, 1.165) is 32.1 Å². The van der Waals surface area contributed by atoms with Crippen molar-refractivity contribution < 1.29 is 4.74 Å². The molecule has 1 saturated heterocycles. The normalized spacial score (nSPS) is 18.8. The number of nitrogens with zero attached hydrogens (tertiary/aromatic N) is 4. The Morgan fingerprint density at radius 2 is 2.50 bits per heavy atom. The highest BCUT2D eigenvalue weighted by Gasteiger charge is 2.16. The van der Waals surface area contributed by atoms with Crippen molar-refractivity contribution in [2.75, 3.05) is 11.9 Å². The van der Waals surface area contributed by atoms with E-state index in [2.05, 4.69) is 20.3 Å². The maximum Gasteiger partial charge on any atom is 0.137 e. The Bertz CT molecular complexity index is 476. The minimum Gasteiger partial charge on any atom is -0.359 e. The summed E-state index contributed by atoms with van der Waals surface area (Å²) in [5.41, 5.74) is 9.34. The molecule has 94 valence electrons. The van der Waals surface area contributed by atoms with E-state index in [1.54, 1.807) is 12.3 Å². The number of hydrogen-bond donors (Lipinski definition) is 2. The number of nitrogens with one attached hydrogen (secondary N) is 2. The third kappa shape index (κ3) is 2.77. The molecule has 1 aliphatic heterocycles. The van der Waals surface area contributed by atoms with Crippen LogP contribution < -0.4 is 5.32 Å². The van der Waals surface area contributed by atoms with Crippen molar-refractivity contribution in [3.8, 4) is 0 Å². The fourth-order valence-electron chi connectivity index (χ4n) is 1.86. The molecule has 7 nitrogen and oxygen atoms in total. The first kappa shape index (κ1) is 12.3. The standard InChI is InChI=1S/C11H14N6O/c12-7-8-9(16-17-13)4-5-14-11(8)15-10-3-1-2-6-18-10/h4-5,7,10,12H,1-3,6H2,(H,14,15). The molecule has 0 saturated carbocycles. The molecule has 2 N–H and O–H groups in total. The molecule has 0 bridgehead atoms. The van der Waals surface area contributed by atoms with E-state index in [4.69, 9.17) is 15.7 Å². The Balaban J connectivity index is 2.23. The predicted octanol–water partition coefficient (Wildman–Crippen LogP) is 2.96. The summed E-state index contributed by atoms with van der Waals surface area (Å²) in [6.45, 7) is 0.730. The molecule has 0 spiro atoms. The zero-order chi connectivity index (χ0) is 12.8. The van der Waals surface area contributed by atoms with Gasteiger partial charge in [-0.2, -0.15) is 0 Å². The molecule has 2 rings (SSSR count). The van der Waals surface area contributed by atoms with Crippen LogP contribution in [0.15, 0.2) is 17.4 Å². The molecule has 1 unspecified atom stereocenters. The van der Waals surface area contributed by atoms with Crippen LogP contribution in [0.2, 0.25) is 0 Å². The number of anilines is 1. The molecule has 1 atom stereocenters. The number of pyridine rings is 1. The van der Waals surface area contributed by atoms with Crippen LogP contribution in [0.5, 0.6) is 0 Å². The molecule has 1 aromatic heterocycles. The first-order chi connectivity index (χ1) is 8.85. The van der Waals surface area contributed by atoms with Crippen LogP contribution in [0.3, 0.4) is 0 Å². The molecular formula is C11H14N6O. The average molecular weight is 246 g/mol. The van der Waals surface area contributed by atoms with E-state index in [0.29, 0.717) is 17.1 Å². The molecule has 18 heavy (non-hydrogen) atoms. The van der Waals surface area contributed by atoms with Gasteiger partial charge in [-0.25, -0.2) is 4.98 Å². The summed E-state index contributed by atoms with van der Waals surface area (Å²) >= 11 is 0. The summed E-state index contributed by atoms with van der Waals surface area (Å²) in [6, 6.07) is 1.58. The van der Waals surface area contributed by atoms with Gasteiger partial charge in [0.05, 0.1) is 5.69 Å². The smallest absolute Gasteiger partial charge is 0.137 e. The van der Waals surface area contributed by atoms with Crippen molar-refractivity contribution in [1.29, 1.82) is 5.41 Å². The van der Waals surface area contributed by atoms with Crippen molar-refractivity contribution in [3.63, 3.8) is 0 Å². The van der Waals surface area contributed by atoms with Gasteiger partial charge in [-0.05, 0) is 30.9 Å². The molecule has 1 aliphatic rings. The van der Waals surface area contributed by atoms with Crippen LogP contribution in [-0.2, 0) is 4.74 Å². The van der Waals surface area contributed by atoms with E-state index >= 15 is 0 Å². The SMILES string of the molecule is [N-]=[N+]=Nc1ccnc(NC2CCCCO2)c1C=N. The molecule has 0 amide bonds. The molecule has 0 aliphatic carbocycles. The van der Waals surface area contributed by atoms with Crippen LogP contribution in [0.1, 0.15) is 24.8 Å². The minimum absolute atomic E-state index is 0.0914. The summed E-state index contributed by atoms with van der Waals surface area (Å²) in [6.07, 6.45) is 5.66. The Labute approximate surface area is 104 Å². The Morgan fingerprint density at radius 1 is 1.61 bits per heavy atom. The fourth-order valence-corrected chi connectivity index (χ4v) is 1.86. The van der Waals surface area contributed by atoms with Crippen molar-refractivity contribution in [2.45, 2.75) is 25.5 Å². The zero-order valence-electron chi connectivity index (χ0n) is 9.83. The molecule has 1 fully saturated rings. The van der Waals surface area contributed by atoms with Gasteiger partial charge in [-0.15, -0.1) is 0 Å². The number of rotatable bonds is 4. The lowest BCUT2D eigenvalue weighted by Crippen LogP contribution is -2.28. The third-order valence-electron chi connectivity index (χ3n) is 2.74. The van der Waals surface area contributed by atoms with Crippen molar-refractivity contribution >= 4 is 17.7 Å². The summed E-state index contributed by atoms with van der Waals surface area (Å²) < 4.78 is 5.55. The predicted molar refractivity (Wildman–Crippen MR) is 68.1 cm³/mol. The van der Waals surface area contributed by atoms with Gasteiger partial charge in [0.15, 0.2) is 0 Å². The fraction of sp³-hybridized carbons (Fsp3) is 0.455. The lowest BCUT2D eigenvalue weighted by Gasteiger charge is -2.24. The van der Waals surface area contributed by atoms with Gasteiger partial charge >= 0.3 is 0 Å². The van der Waals surface area contributed by atoms with Crippen molar-refractivity contribution in [2.24, 2.45) is 5.11 Å². The monoisotopic (exact) mass is 246 g/mol. The summed E-state index contributed by atoms with van der Waals surface area (Å²) in [5, 5.41) is 14.1. The van der Waals surface area contributed by atoms with E-state index in [1.807, 2.05) is 0 Å². The maximum atomic E-state index is 8.47. The number of aromatic nitrogens is 1. The quantitative estimate of drug-likeness (QED) is 0.369. The minimum atomic E-state index is -0.0914. The molecule has 0 aromatic carbocycles. The van der Waals surface area contributed by atoms with E-state index in [-0.39, 0.29) is 6.23 Å². The third-order valence-corrected chi connectivity index (χ3v) is 2.74. The average Bonchev–Trinajstić information content (AvgIpc) is 2.41. The summed E-state index contributed by atoms with van der Waals surface area (Å²) in [4.78, 5) is 6.90. The first-order valence-corrected chi connectivity index (χ1v) is 5.78. The van der Waals surface area contributed by atoms with Gasteiger partial charge in [-0.1, -0.05) is 5.11 Å². The topological polar surface area (TPSA) is 107 Å². The Morgan fingerprint density at radius 3 is 3.17 bits per heavy atom. The van der Waals surface area contributed by atoms with E-state index in [1.165, 1.54) is 0 Å². The van der Waals surface area contributed by atoms with Crippen molar-refractivity contribution in [1.82, 2.24) is 4.98 Å². The lowest BCUT2D eigenvalue weighted by atomic mass is 10.1. The summed E-state index contributed by atoms with van der Waals surface area (Å²) in [5.74, 6) is 0.516. The highest BCUT2D eigenvalue weighted by atomic mass is 16.5. The Kier molecular flexibility index (Phi) is 4.11. The second-order valence-corrected chi connectivity index (χ2v) is 3.93. The van der Waals surface area contributed by atoms with E-state index < -0.39 is 0 Å². The van der Waals surface area contributed by atoms with Crippen molar-refractivity contribution in [3.05, 3.63) is 28.3 Å². The number of ether oxygens (including phenoxy) is 1. The van der Waals surface area contributed by atoms with Crippen LogP contribution in [0.4, 0.5) is 11.5 Å². The first-order valence-electron chi connectivity index (χ1n) is 5.78. The Hall–Kier alpha value is -2.11. The molecule has 7 heteroatoms. The second-order valence-electron chi connectivity index (χ2n) is 3.93. The van der Waals surface area contributed by atoms with Gasteiger partial charge < -0.3 is 15.5 Å². The maximum absolute atomic E-state index is 8.47. The second kappa shape index (κ2) is 6.00. The van der Waals surface area contributed by atoms with Gasteiger partial charge in [0.2, 0.25) is 0 Å². The lowest BCUT2D eigenvalue weighted by molar-refractivity contribution is 0.0341. The van der Waals surface area contributed by atoms with Crippen LogP contribution >= 0.6 is 0 Å². The molecular weight excluding hydrogens is 232 g/mol. The van der Waals surface area contributed by atoms with Gasteiger partial charge in [0.25, 0.3) is 0 Å². The van der Waals surface area contributed by atoms with Gasteiger partial charge in [0, 0.05) is 29.5 Å². The van der Waals surface area contributed by atoms with E-state index in [9.17, 15) is 0 Å². The summed E-state index contributed by atoms with van der Waals surface area (Å²) in [7, 11) is 0. The number of azide groups is 1. The highest BCUT2D eigenvalue weighted by Crippen LogP contribution is 2.25. The molecule has 2 heterocycles. The van der Waals surface area contributed by atoms with Crippen LogP contribution in [0, 0.1) is 5.41 Å². The largest absolute Gasteiger partial charge is 0.359 e.